The minimum Gasteiger partial charge on any atom is -0.447 e. The van der Waals surface area contributed by atoms with Gasteiger partial charge in [-0.2, -0.15) is 0 Å². The molecule has 4 rings (SSSR count). The number of benzene rings is 1. The topological polar surface area (TPSA) is 71.5 Å². The summed E-state index contributed by atoms with van der Waals surface area (Å²) in [5, 5.41) is 4.46. The molecule has 1 saturated carbocycles. The van der Waals surface area contributed by atoms with Crippen LogP contribution in [0, 0.1) is 5.92 Å². The van der Waals surface area contributed by atoms with Crippen molar-refractivity contribution in [2.45, 2.75) is 25.6 Å². The number of cyclic esters (lactones) is 1. The Balaban J connectivity index is 1.68. The van der Waals surface area contributed by atoms with Gasteiger partial charge in [-0.05, 0) is 36.9 Å². The van der Waals surface area contributed by atoms with Crippen molar-refractivity contribution in [3.05, 3.63) is 29.4 Å². The molecule has 2 aromatic rings. The third-order valence-corrected chi connectivity index (χ3v) is 4.75. The van der Waals surface area contributed by atoms with Crippen LogP contribution in [0.2, 0.25) is 5.02 Å². The number of halogens is 2. The van der Waals surface area contributed by atoms with Crippen molar-refractivity contribution in [3.63, 3.8) is 0 Å². The molecule has 25 heavy (non-hydrogen) atoms. The number of fused-ring (bicyclic) bond motifs is 1. The fraction of sp³-hybridized carbons (Fsp3) is 0.353. The molecule has 1 aliphatic heterocycles. The van der Waals surface area contributed by atoms with Gasteiger partial charge >= 0.3 is 6.09 Å². The first kappa shape index (κ1) is 16.1. The van der Waals surface area contributed by atoms with Crippen LogP contribution in [0.1, 0.15) is 13.3 Å². The Hall–Kier alpha value is -2.41. The number of amides is 2. The van der Waals surface area contributed by atoms with E-state index >= 15 is 0 Å². The molecule has 2 unspecified atom stereocenters. The Morgan fingerprint density at radius 3 is 2.84 bits per heavy atom. The Bertz CT molecular complexity index is 891. The zero-order chi connectivity index (χ0) is 17.7. The van der Waals surface area contributed by atoms with Gasteiger partial charge in [0.05, 0.1) is 17.0 Å². The number of anilines is 2. The predicted octanol–water partition coefficient (Wildman–Crippen LogP) is 3.53. The van der Waals surface area contributed by atoms with Crippen LogP contribution in [0.15, 0.2) is 24.4 Å². The zero-order valence-corrected chi connectivity index (χ0v) is 14.1. The van der Waals surface area contributed by atoms with Gasteiger partial charge in [-0.15, -0.1) is 0 Å². The number of aromatic nitrogens is 1. The fourth-order valence-corrected chi connectivity index (χ4v) is 3.21. The molecule has 8 heteroatoms. The minimum absolute atomic E-state index is 0.0987. The van der Waals surface area contributed by atoms with Crippen molar-refractivity contribution in [1.82, 2.24) is 4.98 Å². The maximum atomic E-state index is 13.0. The smallest absolute Gasteiger partial charge is 0.414 e. The Morgan fingerprint density at radius 1 is 1.44 bits per heavy atom. The van der Waals surface area contributed by atoms with E-state index in [0.717, 1.165) is 0 Å². The van der Waals surface area contributed by atoms with Crippen molar-refractivity contribution in [2.24, 2.45) is 5.92 Å². The average Bonchev–Trinajstić information content (AvgIpc) is 3.20. The highest BCUT2D eigenvalue weighted by Crippen LogP contribution is 2.36. The first-order valence-corrected chi connectivity index (χ1v) is 8.32. The molecule has 1 aromatic heterocycles. The second-order valence-corrected chi connectivity index (χ2v) is 6.77. The van der Waals surface area contributed by atoms with E-state index in [2.05, 4.69) is 10.3 Å². The molecule has 2 amide bonds. The number of carbonyl (C=O) groups excluding carboxylic acids is 2. The molecular formula is C17H15ClFN3O3. The first-order valence-electron chi connectivity index (χ1n) is 7.94. The number of hydrogen-bond acceptors (Lipinski definition) is 4. The Morgan fingerprint density at radius 2 is 2.20 bits per heavy atom. The van der Waals surface area contributed by atoms with Crippen molar-refractivity contribution >= 4 is 45.9 Å². The van der Waals surface area contributed by atoms with Crippen LogP contribution in [0.4, 0.5) is 20.7 Å². The molecule has 0 bridgehead atoms. The van der Waals surface area contributed by atoms with Crippen molar-refractivity contribution in [3.8, 4) is 0 Å². The number of pyridine rings is 1. The minimum atomic E-state index is -1.07. The fourth-order valence-electron chi connectivity index (χ4n) is 2.94. The molecule has 2 aliphatic rings. The highest BCUT2D eigenvalue weighted by atomic mass is 35.5. The number of ether oxygens (including phenoxy) is 1. The van der Waals surface area contributed by atoms with Crippen LogP contribution >= 0.6 is 11.6 Å². The van der Waals surface area contributed by atoms with Gasteiger partial charge in [0.25, 0.3) is 0 Å². The first-order chi connectivity index (χ1) is 11.9. The van der Waals surface area contributed by atoms with E-state index in [4.69, 9.17) is 16.3 Å². The molecule has 1 aliphatic carbocycles. The average molecular weight is 364 g/mol. The summed E-state index contributed by atoms with van der Waals surface area (Å²) in [4.78, 5) is 29.5. The maximum absolute atomic E-state index is 13.0. The molecule has 0 radical (unpaired) electrons. The summed E-state index contributed by atoms with van der Waals surface area (Å²) in [6, 6.07) is 5.03. The van der Waals surface area contributed by atoms with Gasteiger partial charge in [-0.1, -0.05) is 11.6 Å². The van der Waals surface area contributed by atoms with Crippen LogP contribution < -0.4 is 10.2 Å². The normalized spacial score (nSPS) is 25.2. The highest BCUT2D eigenvalue weighted by molar-refractivity contribution is 6.36. The lowest BCUT2D eigenvalue weighted by atomic mass is 10.1. The van der Waals surface area contributed by atoms with Gasteiger partial charge in [0.15, 0.2) is 0 Å². The summed E-state index contributed by atoms with van der Waals surface area (Å²) in [6.45, 7) is 2.20. The molecule has 1 aromatic carbocycles. The van der Waals surface area contributed by atoms with Crippen LogP contribution in [0.3, 0.4) is 0 Å². The number of nitrogens with zero attached hydrogens (tertiary/aromatic N) is 2. The van der Waals surface area contributed by atoms with Gasteiger partial charge in [-0.3, -0.25) is 9.69 Å². The maximum Gasteiger partial charge on any atom is 0.414 e. The number of nitrogens with one attached hydrogen (secondary N) is 1. The molecule has 2 heterocycles. The number of carbonyl (C=O) groups is 2. The third kappa shape index (κ3) is 2.89. The van der Waals surface area contributed by atoms with Gasteiger partial charge in [0, 0.05) is 17.3 Å². The number of hydrogen-bond donors (Lipinski definition) is 1. The lowest BCUT2D eigenvalue weighted by molar-refractivity contribution is -0.117. The van der Waals surface area contributed by atoms with E-state index in [1.165, 1.54) is 4.90 Å². The van der Waals surface area contributed by atoms with Crippen molar-refractivity contribution in [1.29, 1.82) is 0 Å². The molecule has 2 fully saturated rings. The van der Waals surface area contributed by atoms with E-state index in [1.807, 2.05) is 6.92 Å². The number of rotatable bonds is 3. The molecule has 1 N–H and O–H groups in total. The Kier molecular flexibility index (Phi) is 3.76. The standard InChI is InChI=1S/C17H15ClFN3O3/c1-8-7-25-17(24)22(8)10-2-9-3-15(20-6-12(9)13(18)4-10)21-16(23)11-5-14(11)19/h2-4,6,8,11,14H,5,7H2,1H3,(H,20,21,23)/t8-,11?,14?/m0/s1. The summed E-state index contributed by atoms with van der Waals surface area (Å²) in [6.07, 6.45) is 0.310. The van der Waals surface area contributed by atoms with Gasteiger partial charge in [-0.25, -0.2) is 14.2 Å². The van der Waals surface area contributed by atoms with Crippen molar-refractivity contribution < 1.29 is 18.7 Å². The summed E-state index contributed by atoms with van der Waals surface area (Å²) < 4.78 is 18.0. The molecule has 6 nitrogen and oxygen atoms in total. The second-order valence-electron chi connectivity index (χ2n) is 6.36. The quantitative estimate of drug-likeness (QED) is 0.905. The monoisotopic (exact) mass is 363 g/mol. The second kappa shape index (κ2) is 5.84. The summed E-state index contributed by atoms with van der Waals surface area (Å²) in [5.74, 6) is -0.646. The van der Waals surface area contributed by atoms with E-state index < -0.39 is 18.2 Å². The lowest BCUT2D eigenvalue weighted by Crippen LogP contribution is -2.30. The summed E-state index contributed by atoms with van der Waals surface area (Å²) >= 11 is 6.32. The van der Waals surface area contributed by atoms with Crippen molar-refractivity contribution in [2.75, 3.05) is 16.8 Å². The molecular weight excluding hydrogens is 349 g/mol. The third-order valence-electron chi connectivity index (χ3n) is 4.44. The summed E-state index contributed by atoms with van der Waals surface area (Å²) in [7, 11) is 0. The molecule has 1 saturated heterocycles. The molecule has 3 atom stereocenters. The van der Waals surface area contributed by atoms with Crippen LogP contribution in [-0.2, 0) is 9.53 Å². The Labute approximate surface area is 147 Å². The molecule has 0 spiro atoms. The summed E-state index contributed by atoms with van der Waals surface area (Å²) in [5.41, 5.74) is 0.613. The lowest BCUT2D eigenvalue weighted by Gasteiger charge is -2.19. The molecule has 130 valence electrons. The zero-order valence-electron chi connectivity index (χ0n) is 13.3. The van der Waals surface area contributed by atoms with Gasteiger partial charge in [0.1, 0.15) is 18.6 Å². The predicted molar refractivity (Wildman–Crippen MR) is 91.7 cm³/mol. The van der Waals surface area contributed by atoms with Crippen LogP contribution in [0.5, 0.6) is 0 Å². The highest BCUT2D eigenvalue weighted by Gasteiger charge is 2.43. The van der Waals surface area contributed by atoms with E-state index in [0.29, 0.717) is 33.9 Å². The number of alkyl halides is 1. The van der Waals surface area contributed by atoms with E-state index in [9.17, 15) is 14.0 Å². The van der Waals surface area contributed by atoms with Gasteiger partial charge < -0.3 is 10.1 Å². The largest absolute Gasteiger partial charge is 0.447 e. The van der Waals surface area contributed by atoms with Crippen LogP contribution in [0.25, 0.3) is 10.8 Å². The van der Waals surface area contributed by atoms with E-state index in [-0.39, 0.29) is 18.4 Å². The SMILES string of the molecule is C[C@H]1COC(=O)N1c1cc(Cl)c2cnc(NC(=O)C3CC3F)cc2c1. The van der Waals surface area contributed by atoms with Gasteiger partial charge in [0.2, 0.25) is 5.91 Å². The van der Waals surface area contributed by atoms with E-state index in [1.54, 1.807) is 24.4 Å². The van der Waals surface area contributed by atoms with Crippen LogP contribution in [-0.4, -0.2) is 35.8 Å².